The largest absolute Gasteiger partial charge is 0.330 e. The molecule has 0 aromatic heterocycles. The molecule has 1 saturated heterocycles. The number of nitrogens with two attached hydrogens (primary N) is 1. The van der Waals surface area contributed by atoms with Gasteiger partial charge in [-0.3, -0.25) is 9.69 Å². The second-order valence-electron chi connectivity index (χ2n) is 5.66. The number of hydrogen-bond acceptors (Lipinski definition) is 3. The molecular weight excluding hydrogens is 286 g/mol. The van der Waals surface area contributed by atoms with Gasteiger partial charge < -0.3 is 11.1 Å². The van der Waals surface area contributed by atoms with Gasteiger partial charge in [0, 0.05) is 16.8 Å². The summed E-state index contributed by atoms with van der Waals surface area (Å²) in [5.74, 6) is 0.0179. The topological polar surface area (TPSA) is 58.4 Å². The van der Waals surface area contributed by atoms with E-state index in [1.807, 2.05) is 25.1 Å². The van der Waals surface area contributed by atoms with Crippen LogP contribution in [0.2, 0.25) is 5.02 Å². The Kier molecular flexibility index (Phi) is 6.03. The van der Waals surface area contributed by atoms with Gasteiger partial charge in [-0.2, -0.15) is 0 Å². The first kappa shape index (κ1) is 16.3. The highest BCUT2D eigenvalue weighted by molar-refractivity contribution is 6.31. The van der Waals surface area contributed by atoms with Crippen LogP contribution in [-0.2, 0) is 4.79 Å². The van der Waals surface area contributed by atoms with Gasteiger partial charge in [0.1, 0.15) is 0 Å². The minimum atomic E-state index is 0.0179. The van der Waals surface area contributed by atoms with Crippen LogP contribution in [0.3, 0.4) is 0 Å². The van der Waals surface area contributed by atoms with Gasteiger partial charge in [0.15, 0.2) is 0 Å². The summed E-state index contributed by atoms with van der Waals surface area (Å²) in [4.78, 5) is 14.5. The molecule has 2 rings (SSSR count). The highest BCUT2D eigenvalue weighted by Crippen LogP contribution is 2.23. The summed E-state index contributed by atoms with van der Waals surface area (Å²) in [7, 11) is 0. The first-order valence-electron chi connectivity index (χ1n) is 7.61. The van der Waals surface area contributed by atoms with Crippen LogP contribution in [-0.4, -0.2) is 36.5 Å². The number of piperidine rings is 1. The maximum Gasteiger partial charge on any atom is 0.238 e. The number of nitrogens with zero attached hydrogens (tertiary/aromatic N) is 1. The maximum atomic E-state index is 12.3. The molecule has 4 nitrogen and oxygen atoms in total. The van der Waals surface area contributed by atoms with E-state index < -0.39 is 0 Å². The third-order valence-corrected chi connectivity index (χ3v) is 4.55. The zero-order valence-electron chi connectivity index (χ0n) is 12.6. The van der Waals surface area contributed by atoms with Gasteiger partial charge in [-0.15, -0.1) is 0 Å². The number of rotatable bonds is 5. The first-order chi connectivity index (χ1) is 10.1. The summed E-state index contributed by atoms with van der Waals surface area (Å²) in [6, 6.07) is 6.00. The highest BCUT2D eigenvalue weighted by atomic mass is 35.5. The Morgan fingerprint density at radius 1 is 1.48 bits per heavy atom. The van der Waals surface area contributed by atoms with Crippen LogP contribution in [0.15, 0.2) is 18.2 Å². The van der Waals surface area contributed by atoms with E-state index >= 15 is 0 Å². The van der Waals surface area contributed by atoms with Crippen molar-refractivity contribution in [2.24, 2.45) is 5.73 Å². The number of amides is 1. The van der Waals surface area contributed by atoms with Gasteiger partial charge in [0.25, 0.3) is 0 Å². The zero-order chi connectivity index (χ0) is 15.2. The second-order valence-corrected chi connectivity index (χ2v) is 6.07. The van der Waals surface area contributed by atoms with Crippen LogP contribution < -0.4 is 11.1 Å². The predicted octanol–water partition coefficient (Wildman–Crippen LogP) is 2.79. The minimum Gasteiger partial charge on any atom is -0.330 e. The average Bonchev–Trinajstić information content (AvgIpc) is 2.46. The molecule has 1 heterocycles. The van der Waals surface area contributed by atoms with Crippen molar-refractivity contribution >= 4 is 23.2 Å². The van der Waals surface area contributed by atoms with Gasteiger partial charge in [-0.1, -0.05) is 24.1 Å². The lowest BCUT2D eigenvalue weighted by Crippen LogP contribution is -2.44. The third kappa shape index (κ3) is 4.43. The maximum absolute atomic E-state index is 12.3. The molecule has 1 aliphatic heterocycles. The van der Waals surface area contributed by atoms with Crippen molar-refractivity contribution in [2.45, 2.75) is 38.6 Å². The molecule has 1 fully saturated rings. The number of likely N-dealkylation sites (tertiary alicyclic amines) is 1. The molecule has 0 radical (unpaired) electrons. The zero-order valence-corrected chi connectivity index (χ0v) is 13.3. The molecule has 1 atom stereocenters. The van der Waals surface area contributed by atoms with Crippen LogP contribution in [0.1, 0.15) is 31.2 Å². The Balaban J connectivity index is 1.95. The highest BCUT2D eigenvalue weighted by Gasteiger charge is 2.23. The summed E-state index contributed by atoms with van der Waals surface area (Å²) in [5, 5.41) is 3.64. The average molecular weight is 310 g/mol. The molecule has 5 heteroatoms. The number of benzene rings is 1. The van der Waals surface area contributed by atoms with Crippen molar-refractivity contribution in [3.63, 3.8) is 0 Å². The van der Waals surface area contributed by atoms with Crippen molar-refractivity contribution in [3.05, 3.63) is 28.8 Å². The second kappa shape index (κ2) is 7.78. The molecule has 1 aromatic rings. The summed E-state index contributed by atoms with van der Waals surface area (Å²) < 4.78 is 0. The molecular formula is C16H24ClN3O. The lowest BCUT2D eigenvalue weighted by Gasteiger charge is -2.35. The quantitative estimate of drug-likeness (QED) is 0.879. The first-order valence-corrected chi connectivity index (χ1v) is 7.98. The normalized spacial score (nSPS) is 19.5. The molecule has 0 aliphatic carbocycles. The van der Waals surface area contributed by atoms with Crippen LogP contribution in [0, 0.1) is 6.92 Å². The Bertz CT molecular complexity index is 490. The molecule has 3 N–H and O–H groups in total. The van der Waals surface area contributed by atoms with Gasteiger partial charge >= 0.3 is 0 Å². The number of carbonyl (C=O) groups excluding carboxylic acids is 1. The molecule has 1 amide bonds. The number of carbonyl (C=O) groups is 1. The van der Waals surface area contributed by atoms with Crippen molar-refractivity contribution in [2.75, 3.05) is 25.0 Å². The van der Waals surface area contributed by atoms with Gasteiger partial charge in [-0.25, -0.2) is 0 Å². The SMILES string of the molecule is Cc1c(Cl)cccc1NC(=O)CN1CCCCC1CCN. The van der Waals surface area contributed by atoms with Crippen molar-refractivity contribution in [1.82, 2.24) is 4.90 Å². The number of nitrogens with one attached hydrogen (secondary N) is 1. The molecule has 0 bridgehead atoms. The standard InChI is InChI=1S/C16H24ClN3O/c1-12-14(17)6-4-7-15(12)19-16(21)11-20-10-3-2-5-13(20)8-9-18/h4,6-7,13H,2-3,5,8-11,18H2,1H3,(H,19,21). The summed E-state index contributed by atoms with van der Waals surface area (Å²) >= 11 is 6.08. The van der Waals surface area contributed by atoms with Crippen molar-refractivity contribution < 1.29 is 4.79 Å². The Labute approximate surface area is 131 Å². The molecule has 116 valence electrons. The van der Waals surface area contributed by atoms with Gasteiger partial charge in [0.2, 0.25) is 5.91 Å². The molecule has 0 spiro atoms. The summed E-state index contributed by atoms with van der Waals surface area (Å²) in [6.07, 6.45) is 4.49. The number of anilines is 1. The van der Waals surface area contributed by atoms with Gasteiger partial charge in [0.05, 0.1) is 6.54 Å². The Morgan fingerprint density at radius 3 is 3.05 bits per heavy atom. The minimum absolute atomic E-state index is 0.0179. The van der Waals surface area contributed by atoms with E-state index in [9.17, 15) is 4.79 Å². The van der Waals surface area contributed by atoms with E-state index in [1.54, 1.807) is 0 Å². The molecule has 1 aliphatic rings. The number of hydrogen-bond donors (Lipinski definition) is 2. The predicted molar refractivity (Wildman–Crippen MR) is 87.7 cm³/mol. The fraction of sp³-hybridized carbons (Fsp3) is 0.562. The van der Waals surface area contributed by atoms with Crippen LogP contribution >= 0.6 is 11.6 Å². The molecule has 21 heavy (non-hydrogen) atoms. The van der Waals surface area contributed by atoms with Crippen molar-refractivity contribution in [3.8, 4) is 0 Å². The van der Waals surface area contributed by atoms with E-state index in [1.165, 1.54) is 6.42 Å². The smallest absolute Gasteiger partial charge is 0.238 e. The van der Waals surface area contributed by atoms with Crippen LogP contribution in [0.25, 0.3) is 0 Å². The van der Waals surface area contributed by atoms with Crippen molar-refractivity contribution in [1.29, 1.82) is 0 Å². The number of halogens is 1. The summed E-state index contributed by atoms with van der Waals surface area (Å²) in [5.41, 5.74) is 7.37. The third-order valence-electron chi connectivity index (χ3n) is 4.14. The van der Waals surface area contributed by atoms with E-state index in [4.69, 9.17) is 17.3 Å². The van der Waals surface area contributed by atoms with Crippen LogP contribution in [0.5, 0.6) is 0 Å². The van der Waals surface area contributed by atoms with E-state index in [-0.39, 0.29) is 5.91 Å². The lowest BCUT2D eigenvalue weighted by atomic mass is 9.99. The lowest BCUT2D eigenvalue weighted by molar-refractivity contribution is -0.118. The fourth-order valence-electron chi connectivity index (χ4n) is 2.90. The Morgan fingerprint density at radius 2 is 2.29 bits per heavy atom. The fourth-order valence-corrected chi connectivity index (χ4v) is 3.08. The van der Waals surface area contributed by atoms with E-state index in [0.717, 1.165) is 37.1 Å². The molecule has 1 aromatic carbocycles. The van der Waals surface area contributed by atoms with E-state index in [2.05, 4.69) is 10.2 Å². The Hall–Kier alpha value is -1.10. The molecule has 0 saturated carbocycles. The monoisotopic (exact) mass is 309 g/mol. The molecule has 1 unspecified atom stereocenters. The van der Waals surface area contributed by atoms with Crippen LogP contribution in [0.4, 0.5) is 5.69 Å². The summed E-state index contributed by atoms with van der Waals surface area (Å²) in [6.45, 7) is 4.00. The van der Waals surface area contributed by atoms with E-state index in [0.29, 0.717) is 24.2 Å². The van der Waals surface area contributed by atoms with Gasteiger partial charge in [-0.05, 0) is 57.0 Å².